The predicted octanol–water partition coefficient (Wildman–Crippen LogP) is 3.23. The van der Waals surface area contributed by atoms with Gasteiger partial charge in [0.15, 0.2) is 6.10 Å². The van der Waals surface area contributed by atoms with E-state index in [0.717, 1.165) is 5.56 Å². The maximum absolute atomic E-state index is 12.6. The van der Waals surface area contributed by atoms with E-state index in [1.807, 2.05) is 29.1 Å². The molecule has 6 nitrogen and oxygen atoms in total. The summed E-state index contributed by atoms with van der Waals surface area (Å²) in [4.78, 5) is 14.2. The van der Waals surface area contributed by atoms with Crippen molar-refractivity contribution in [2.45, 2.75) is 26.1 Å². The topological polar surface area (TPSA) is 71.2 Å². The molecule has 1 amide bonds. The van der Waals surface area contributed by atoms with Gasteiger partial charge in [-0.2, -0.15) is 10.4 Å². The molecular weight excluding hydrogens is 352 g/mol. The molecule has 3 aromatic rings. The third kappa shape index (κ3) is 4.98. The lowest BCUT2D eigenvalue weighted by atomic mass is 10.2. The molecule has 0 aliphatic carbocycles. The molecule has 28 heavy (non-hydrogen) atoms. The van der Waals surface area contributed by atoms with E-state index in [1.165, 1.54) is 5.56 Å². The Balaban J connectivity index is 1.55. The van der Waals surface area contributed by atoms with Crippen molar-refractivity contribution in [1.29, 1.82) is 5.26 Å². The Morgan fingerprint density at radius 1 is 1.18 bits per heavy atom. The van der Waals surface area contributed by atoms with Gasteiger partial charge in [-0.25, -0.2) is 0 Å². The molecule has 1 heterocycles. The van der Waals surface area contributed by atoms with Crippen molar-refractivity contribution in [1.82, 2.24) is 14.7 Å². The van der Waals surface area contributed by atoms with Gasteiger partial charge >= 0.3 is 0 Å². The first-order valence-electron chi connectivity index (χ1n) is 9.02. The number of carbonyl (C=O) groups is 1. The van der Waals surface area contributed by atoms with Crippen molar-refractivity contribution in [3.8, 4) is 11.8 Å². The number of hydrogen-bond acceptors (Lipinski definition) is 4. The highest BCUT2D eigenvalue weighted by molar-refractivity contribution is 5.80. The summed E-state index contributed by atoms with van der Waals surface area (Å²) < 4.78 is 7.56. The monoisotopic (exact) mass is 374 g/mol. The van der Waals surface area contributed by atoms with E-state index in [1.54, 1.807) is 49.3 Å². The minimum atomic E-state index is -0.628. The van der Waals surface area contributed by atoms with Crippen LogP contribution in [-0.2, 0) is 17.9 Å². The lowest BCUT2D eigenvalue weighted by Gasteiger charge is -2.21. The van der Waals surface area contributed by atoms with E-state index in [9.17, 15) is 4.79 Å². The summed E-state index contributed by atoms with van der Waals surface area (Å²) in [5.74, 6) is 0.434. The molecule has 3 rings (SSSR count). The fourth-order valence-electron chi connectivity index (χ4n) is 2.87. The average molecular weight is 374 g/mol. The minimum Gasteiger partial charge on any atom is -0.481 e. The van der Waals surface area contributed by atoms with Crippen LogP contribution in [0, 0.1) is 11.3 Å². The van der Waals surface area contributed by atoms with E-state index in [2.05, 4.69) is 23.3 Å². The van der Waals surface area contributed by atoms with Gasteiger partial charge in [-0.1, -0.05) is 30.3 Å². The summed E-state index contributed by atoms with van der Waals surface area (Å²) in [6.45, 7) is 2.86. The van der Waals surface area contributed by atoms with Gasteiger partial charge < -0.3 is 9.64 Å². The van der Waals surface area contributed by atoms with Crippen molar-refractivity contribution >= 4 is 5.91 Å². The maximum atomic E-state index is 12.6. The van der Waals surface area contributed by atoms with Gasteiger partial charge in [0.2, 0.25) is 0 Å². The summed E-state index contributed by atoms with van der Waals surface area (Å²) in [6, 6.07) is 18.9. The molecule has 0 saturated carbocycles. The van der Waals surface area contributed by atoms with E-state index in [4.69, 9.17) is 10.00 Å². The SMILES string of the molecule is CC(Oc1ccc(C#N)cc1)C(=O)N(C)Cc1cnn(Cc2ccccc2)c1. The van der Waals surface area contributed by atoms with Gasteiger partial charge in [-0.15, -0.1) is 0 Å². The lowest BCUT2D eigenvalue weighted by Crippen LogP contribution is -2.37. The molecular formula is C22H22N4O2. The molecule has 6 heteroatoms. The van der Waals surface area contributed by atoms with E-state index >= 15 is 0 Å². The van der Waals surface area contributed by atoms with Gasteiger partial charge in [0.1, 0.15) is 5.75 Å². The molecule has 0 radical (unpaired) electrons. The zero-order chi connectivity index (χ0) is 19.9. The average Bonchev–Trinajstić information content (AvgIpc) is 3.15. The molecule has 0 aliphatic rings. The van der Waals surface area contributed by atoms with Gasteiger partial charge in [-0.3, -0.25) is 9.48 Å². The Labute approximate surface area is 164 Å². The first-order chi connectivity index (χ1) is 13.5. The molecule has 0 saturated heterocycles. The summed E-state index contributed by atoms with van der Waals surface area (Å²) in [7, 11) is 1.75. The van der Waals surface area contributed by atoms with Crippen LogP contribution in [0.2, 0.25) is 0 Å². The molecule has 0 spiro atoms. The number of nitriles is 1. The summed E-state index contributed by atoms with van der Waals surface area (Å²) in [5, 5.41) is 13.2. The molecule has 1 unspecified atom stereocenters. The highest BCUT2D eigenvalue weighted by Crippen LogP contribution is 2.15. The first kappa shape index (κ1) is 19.2. The normalized spacial score (nSPS) is 11.5. The summed E-state index contributed by atoms with van der Waals surface area (Å²) in [5.41, 5.74) is 2.68. The lowest BCUT2D eigenvalue weighted by molar-refractivity contribution is -0.137. The minimum absolute atomic E-state index is 0.125. The van der Waals surface area contributed by atoms with Crippen LogP contribution in [-0.4, -0.2) is 33.7 Å². The van der Waals surface area contributed by atoms with Crippen LogP contribution in [0.1, 0.15) is 23.6 Å². The number of benzene rings is 2. The number of likely N-dealkylation sites (N-methyl/N-ethyl adjacent to an activating group) is 1. The quantitative estimate of drug-likeness (QED) is 0.637. The Morgan fingerprint density at radius 3 is 2.57 bits per heavy atom. The molecule has 1 atom stereocenters. The van der Waals surface area contributed by atoms with Crippen LogP contribution in [0.15, 0.2) is 67.0 Å². The zero-order valence-electron chi connectivity index (χ0n) is 15.9. The van der Waals surface area contributed by atoms with Gasteiger partial charge in [0, 0.05) is 25.4 Å². The Bertz CT molecular complexity index is 958. The van der Waals surface area contributed by atoms with Crippen LogP contribution in [0.3, 0.4) is 0 Å². The number of aromatic nitrogens is 2. The second kappa shape index (κ2) is 8.87. The maximum Gasteiger partial charge on any atom is 0.263 e. The molecule has 142 valence electrons. The fourth-order valence-corrected chi connectivity index (χ4v) is 2.87. The van der Waals surface area contributed by atoms with Crippen molar-refractivity contribution in [2.24, 2.45) is 0 Å². The van der Waals surface area contributed by atoms with Crippen molar-refractivity contribution in [3.05, 3.63) is 83.7 Å². The number of amides is 1. The highest BCUT2D eigenvalue weighted by atomic mass is 16.5. The number of ether oxygens (including phenoxy) is 1. The number of rotatable bonds is 7. The molecule has 1 aromatic heterocycles. The van der Waals surface area contributed by atoms with Gasteiger partial charge in [-0.05, 0) is 36.8 Å². The first-order valence-corrected chi connectivity index (χ1v) is 9.02. The number of nitrogens with zero attached hydrogens (tertiary/aromatic N) is 4. The molecule has 0 bridgehead atoms. The van der Waals surface area contributed by atoms with Crippen LogP contribution >= 0.6 is 0 Å². The molecule has 2 aromatic carbocycles. The summed E-state index contributed by atoms with van der Waals surface area (Å²) >= 11 is 0. The second-order valence-electron chi connectivity index (χ2n) is 6.62. The van der Waals surface area contributed by atoms with E-state index in [0.29, 0.717) is 24.4 Å². The third-order valence-electron chi connectivity index (χ3n) is 4.31. The van der Waals surface area contributed by atoms with Crippen LogP contribution in [0.5, 0.6) is 5.75 Å². The van der Waals surface area contributed by atoms with E-state index in [-0.39, 0.29) is 5.91 Å². The van der Waals surface area contributed by atoms with Crippen molar-refractivity contribution in [3.63, 3.8) is 0 Å². The van der Waals surface area contributed by atoms with Gasteiger partial charge in [0.25, 0.3) is 5.91 Å². The number of hydrogen-bond donors (Lipinski definition) is 0. The summed E-state index contributed by atoms with van der Waals surface area (Å²) in [6.07, 6.45) is 3.10. The van der Waals surface area contributed by atoms with Gasteiger partial charge in [0.05, 0.1) is 24.4 Å². The smallest absolute Gasteiger partial charge is 0.263 e. The Hall–Kier alpha value is -3.59. The predicted molar refractivity (Wildman–Crippen MR) is 105 cm³/mol. The molecule has 0 N–H and O–H groups in total. The van der Waals surface area contributed by atoms with Crippen molar-refractivity contribution in [2.75, 3.05) is 7.05 Å². The highest BCUT2D eigenvalue weighted by Gasteiger charge is 2.20. The third-order valence-corrected chi connectivity index (χ3v) is 4.31. The van der Waals surface area contributed by atoms with Crippen LogP contribution in [0.25, 0.3) is 0 Å². The second-order valence-corrected chi connectivity index (χ2v) is 6.62. The van der Waals surface area contributed by atoms with E-state index < -0.39 is 6.10 Å². The van der Waals surface area contributed by atoms with Crippen LogP contribution < -0.4 is 4.74 Å². The zero-order valence-corrected chi connectivity index (χ0v) is 15.9. The standard InChI is InChI=1S/C22H22N4O2/c1-17(28-21-10-8-18(12-23)9-11-21)22(27)25(2)14-20-13-24-26(16-20)15-19-6-4-3-5-7-19/h3-11,13,16-17H,14-15H2,1-2H3. The Kier molecular flexibility index (Phi) is 6.07. The fraction of sp³-hybridized carbons (Fsp3) is 0.227. The molecule has 0 aliphatic heterocycles. The Morgan fingerprint density at radius 2 is 1.89 bits per heavy atom. The number of carbonyl (C=O) groups excluding carboxylic acids is 1. The largest absolute Gasteiger partial charge is 0.481 e. The van der Waals surface area contributed by atoms with Crippen molar-refractivity contribution < 1.29 is 9.53 Å². The van der Waals surface area contributed by atoms with Crippen LogP contribution in [0.4, 0.5) is 0 Å². The molecule has 0 fully saturated rings.